The van der Waals surface area contributed by atoms with Crippen LogP contribution < -0.4 is 11.1 Å². The second-order valence-corrected chi connectivity index (χ2v) is 9.12. The molecule has 12 heteroatoms. The molecule has 200 valence electrons. The number of nitrogen functional groups attached to an aromatic ring is 1. The molecule has 0 atom stereocenters. The second kappa shape index (κ2) is 9.87. The Kier molecular flexibility index (Phi) is 6.56. The van der Waals surface area contributed by atoms with Crippen molar-refractivity contribution < 1.29 is 26.9 Å². The second-order valence-electron chi connectivity index (χ2n) is 9.12. The first-order chi connectivity index (χ1) is 18.5. The van der Waals surface area contributed by atoms with Gasteiger partial charge in [0.15, 0.2) is 17.1 Å². The number of carbonyl (C=O) groups excluding carboxylic acids is 1. The third-order valence-electron chi connectivity index (χ3n) is 5.98. The van der Waals surface area contributed by atoms with Gasteiger partial charge in [-0.1, -0.05) is 29.4 Å². The molecule has 0 aliphatic heterocycles. The van der Waals surface area contributed by atoms with Gasteiger partial charge >= 0.3 is 6.18 Å². The van der Waals surface area contributed by atoms with Crippen molar-refractivity contribution in [2.24, 2.45) is 0 Å². The molecule has 0 spiro atoms. The molecule has 3 N–H and O–H groups in total. The normalized spacial score (nSPS) is 11.9. The molecule has 5 aromatic rings. The van der Waals surface area contributed by atoms with Crippen LogP contribution >= 0.6 is 0 Å². The molecule has 0 fully saturated rings. The van der Waals surface area contributed by atoms with E-state index in [1.807, 2.05) is 31.1 Å². The molecule has 0 saturated carbocycles. The maximum Gasteiger partial charge on any atom is 0.435 e. The molecule has 3 aromatic carbocycles. The van der Waals surface area contributed by atoms with Crippen LogP contribution in [-0.4, -0.2) is 39.8 Å². The Labute approximate surface area is 219 Å². The lowest BCUT2D eigenvalue weighted by Crippen LogP contribution is -2.17. The van der Waals surface area contributed by atoms with Crippen LogP contribution in [0.15, 0.2) is 71.3 Å². The van der Waals surface area contributed by atoms with Gasteiger partial charge in [-0.25, -0.2) is 9.07 Å². The van der Waals surface area contributed by atoms with Crippen molar-refractivity contribution in [3.63, 3.8) is 0 Å². The quantitative estimate of drug-likeness (QED) is 0.268. The minimum Gasteiger partial charge on any atom is -0.380 e. The summed E-state index contributed by atoms with van der Waals surface area (Å²) in [5, 5.41) is 10.0. The summed E-state index contributed by atoms with van der Waals surface area (Å²) in [5.41, 5.74) is 6.50. The Balaban J connectivity index is 1.48. The first kappa shape index (κ1) is 25.9. The first-order valence-corrected chi connectivity index (χ1v) is 11.7. The van der Waals surface area contributed by atoms with Crippen LogP contribution in [-0.2, 0) is 12.7 Å². The Morgan fingerprint density at radius 2 is 1.82 bits per heavy atom. The van der Waals surface area contributed by atoms with Gasteiger partial charge in [-0.3, -0.25) is 4.79 Å². The number of anilines is 2. The van der Waals surface area contributed by atoms with E-state index < -0.39 is 29.3 Å². The van der Waals surface area contributed by atoms with Crippen LogP contribution in [0.25, 0.3) is 27.8 Å². The zero-order valence-corrected chi connectivity index (χ0v) is 20.8. The third kappa shape index (κ3) is 5.18. The van der Waals surface area contributed by atoms with E-state index in [1.165, 1.54) is 30.3 Å². The van der Waals surface area contributed by atoms with Gasteiger partial charge in [-0.15, -0.1) is 0 Å². The molecule has 0 aliphatic rings. The summed E-state index contributed by atoms with van der Waals surface area (Å²) in [6.45, 7) is 0.589. The minimum atomic E-state index is -4.81. The zero-order valence-electron chi connectivity index (χ0n) is 20.8. The lowest BCUT2D eigenvalue weighted by Gasteiger charge is -2.15. The average Bonchev–Trinajstić information content (AvgIpc) is 3.49. The number of carbonyl (C=O) groups is 1. The number of benzene rings is 3. The van der Waals surface area contributed by atoms with Crippen LogP contribution in [0.2, 0.25) is 0 Å². The number of rotatable bonds is 6. The van der Waals surface area contributed by atoms with Crippen molar-refractivity contribution in [1.29, 1.82) is 0 Å². The standard InChI is InChI=1S/C27H22F4N6O2/c1-36(2)14-15-5-3-4-6-18(15)19-9-7-16(11-21(19)28)33-26(38)22-13-24(27(29,30)31)34-37(22)17-8-10-23-20(12-17)25(32)35-39-23/h3-13H,14H2,1-2H3,(H2,32,35)(H,33,38). The Morgan fingerprint density at radius 1 is 1.05 bits per heavy atom. The number of amides is 1. The van der Waals surface area contributed by atoms with E-state index in [1.54, 1.807) is 12.1 Å². The highest BCUT2D eigenvalue weighted by Crippen LogP contribution is 2.32. The van der Waals surface area contributed by atoms with Crippen LogP contribution in [0.1, 0.15) is 21.7 Å². The van der Waals surface area contributed by atoms with Gasteiger partial charge in [0.1, 0.15) is 11.5 Å². The molecule has 5 rings (SSSR count). The fourth-order valence-electron chi connectivity index (χ4n) is 4.22. The van der Waals surface area contributed by atoms with Gasteiger partial charge in [0.2, 0.25) is 0 Å². The summed E-state index contributed by atoms with van der Waals surface area (Å²) in [6.07, 6.45) is -4.81. The number of hydrogen-bond acceptors (Lipinski definition) is 6. The summed E-state index contributed by atoms with van der Waals surface area (Å²) in [5.74, 6) is -1.49. The summed E-state index contributed by atoms with van der Waals surface area (Å²) in [7, 11) is 3.81. The number of halogens is 4. The van der Waals surface area contributed by atoms with Crippen LogP contribution in [0.4, 0.5) is 29.1 Å². The van der Waals surface area contributed by atoms with Crippen molar-refractivity contribution >= 4 is 28.4 Å². The van der Waals surface area contributed by atoms with E-state index in [4.69, 9.17) is 10.3 Å². The van der Waals surface area contributed by atoms with E-state index >= 15 is 4.39 Å². The summed E-state index contributed by atoms with van der Waals surface area (Å²) in [6, 6.07) is 16.4. The van der Waals surface area contributed by atoms with Crippen molar-refractivity contribution in [1.82, 2.24) is 19.8 Å². The molecule has 1 amide bonds. The van der Waals surface area contributed by atoms with Crippen LogP contribution in [0, 0.1) is 5.82 Å². The van der Waals surface area contributed by atoms with Gasteiger partial charge in [0.05, 0.1) is 11.1 Å². The number of alkyl halides is 3. The zero-order chi connectivity index (χ0) is 27.9. The van der Waals surface area contributed by atoms with Gasteiger partial charge in [-0.05, 0) is 61.6 Å². The molecule has 0 bridgehead atoms. The highest BCUT2D eigenvalue weighted by molar-refractivity contribution is 6.04. The molecule has 0 unspecified atom stereocenters. The predicted octanol–water partition coefficient (Wildman–Crippen LogP) is 5.73. The van der Waals surface area contributed by atoms with Crippen molar-refractivity contribution in [2.45, 2.75) is 12.7 Å². The molecule has 39 heavy (non-hydrogen) atoms. The lowest BCUT2D eigenvalue weighted by atomic mass is 9.98. The number of nitrogens with two attached hydrogens (primary N) is 1. The molecule has 2 heterocycles. The van der Waals surface area contributed by atoms with Gasteiger partial charge < -0.3 is 20.5 Å². The topological polar surface area (TPSA) is 102 Å². The molecule has 8 nitrogen and oxygen atoms in total. The maximum absolute atomic E-state index is 15.2. The summed E-state index contributed by atoms with van der Waals surface area (Å²) < 4.78 is 61.6. The largest absolute Gasteiger partial charge is 0.435 e. The van der Waals surface area contributed by atoms with Crippen molar-refractivity contribution in [2.75, 3.05) is 25.1 Å². The monoisotopic (exact) mass is 538 g/mol. The van der Waals surface area contributed by atoms with Gasteiger partial charge in [0, 0.05) is 23.9 Å². The maximum atomic E-state index is 15.2. The summed E-state index contributed by atoms with van der Waals surface area (Å²) >= 11 is 0. The van der Waals surface area contributed by atoms with E-state index in [9.17, 15) is 18.0 Å². The number of hydrogen-bond donors (Lipinski definition) is 2. The Morgan fingerprint density at radius 3 is 2.54 bits per heavy atom. The lowest BCUT2D eigenvalue weighted by molar-refractivity contribution is -0.141. The molecule has 0 saturated heterocycles. The number of fused-ring (bicyclic) bond motifs is 1. The van der Waals surface area contributed by atoms with E-state index in [0.29, 0.717) is 34.7 Å². The first-order valence-electron chi connectivity index (χ1n) is 11.7. The average molecular weight is 539 g/mol. The fourth-order valence-corrected chi connectivity index (χ4v) is 4.22. The van der Waals surface area contributed by atoms with Crippen molar-refractivity contribution in [3.8, 4) is 16.8 Å². The molecule has 0 radical (unpaired) electrons. The van der Waals surface area contributed by atoms with Gasteiger partial charge in [-0.2, -0.15) is 18.3 Å². The van der Waals surface area contributed by atoms with E-state index in [-0.39, 0.29) is 17.2 Å². The minimum absolute atomic E-state index is 0.0313. The highest BCUT2D eigenvalue weighted by atomic mass is 19.4. The van der Waals surface area contributed by atoms with Crippen LogP contribution in [0.5, 0.6) is 0 Å². The Bertz CT molecular complexity index is 1690. The highest BCUT2D eigenvalue weighted by Gasteiger charge is 2.36. The molecular weight excluding hydrogens is 516 g/mol. The van der Waals surface area contributed by atoms with E-state index in [2.05, 4.69) is 15.6 Å². The van der Waals surface area contributed by atoms with Crippen LogP contribution in [0.3, 0.4) is 0 Å². The summed E-state index contributed by atoms with van der Waals surface area (Å²) in [4.78, 5) is 15.1. The van der Waals surface area contributed by atoms with Crippen molar-refractivity contribution in [3.05, 3.63) is 89.5 Å². The fraction of sp³-hybridized carbons (Fsp3) is 0.148. The molecular formula is C27H22F4N6O2. The Hall–Kier alpha value is -4.71. The number of nitrogens with zero attached hydrogens (tertiary/aromatic N) is 4. The number of aromatic nitrogens is 3. The third-order valence-corrected chi connectivity index (χ3v) is 5.98. The molecule has 0 aliphatic carbocycles. The SMILES string of the molecule is CN(C)Cc1ccccc1-c1ccc(NC(=O)c2cc(C(F)(F)F)nn2-c2ccc3onc(N)c3c2)cc1F. The van der Waals surface area contributed by atoms with Gasteiger partial charge in [0.25, 0.3) is 5.91 Å². The number of nitrogens with one attached hydrogen (secondary N) is 1. The predicted molar refractivity (Wildman–Crippen MR) is 138 cm³/mol. The molecule has 2 aromatic heterocycles. The smallest absolute Gasteiger partial charge is 0.380 e. The van der Waals surface area contributed by atoms with E-state index in [0.717, 1.165) is 16.3 Å².